The maximum absolute atomic E-state index is 13.3. The molecule has 2 aromatic carbocycles. The molecule has 1 atom stereocenters. The third-order valence-corrected chi connectivity index (χ3v) is 8.20. The summed E-state index contributed by atoms with van der Waals surface area (Å²) in [4.78, 5) is 2.43. The van der Waals surface area contributed by atoms with Crippen LogP contribution in [0.4, 0.5) is 10.1 Å². The van der Waals surface area contributed by atoms with Crippen LogP contribution in [0.2, 0.25) is 0 Å². The first-order chi connectivity index (χ1) is 15.7. The van der Waals surface area contributed by atoms with E-state index in [2.05, 4.69) is 27.2 Å². The summed E-state index contributed by atoms with van der Waals surface area (Å²) in [5.41, 5.74) is 3.87. The maximum Gasteiger partial charge on any atom is 0.246 e. The van der Waals surface area contributed by atoms with Crippen LogP contribution in [0.25, 0.3) is 16.6 Å². The monoisotopic (exact) mass is 468 g/mol. The van der Waals surface area contributed by atoms with E-state index in [-0.39, 0.29) is 16.8 Å². The number of hydrogen-bond acceptors (Lipinski definition) is 5. The molecule has 1 aliphatic rings. The van der Waals surface area contributed by atoms with Gasteiger partial charge in [0.25, 0.3) is 0 Å². The largest absolute Gasteiger partial charge is 0.370 e. The second kappa shape index (κ2) is 7.96. The fourth-order valence-electron chi connectivity index (χ4n) is 4.45. The molecule has 3 heterocycles. The van der Waals surface area contributed by atoms with Gasteiger partial charge in [-0.15, -0.1) is 0 Å². The second-order valence-corrected chi connectivity index (χ2v) is 10.5. The number of benzene rings is 2. The number of halogens is 1. The Morgan fingerprint density at radius 3 is 2.58 bits per heavy atom. The Morgan fingerprint density at radius 1 is 1.12 bits per heavy atom. The summed E-state index contributed by atoms with van der Waals surface area (Å²) in [6.45, 7) is 3.41. The van der Waals surface area contributed by atoms with Crippen molar-refractivity contribution in [3.8, 4) is 5.69 Å². The first-order valence-electron chi connectivity index (χ1n) is 10.7. The number of aryl methyl sites for hydroxylation is 2. The molecular formula is C23H25FN6O2S. The average Bonchev–Trinajstić information content (AvgIpc) is 3.53. The number of fused-ring (bicyclic) bond motifs is 1. The molecule has 0 radical (unpaired) electrons. The van der Waals surface area contributed by atoms with Gasteiger partial charge in [0.05, 0.1) is 23.6 Å². The molecule has 10 heteroatoms. The van der Waals surface area contributed by atoms with E-state index in [9.17, 15) is 12.8 Å². The molecule has 0 aliphatic carbocycles. The van der Waals surface area contributed by atoms with Crippen molar-refractivity contribution < 1.29 is 12.8 Å². The highest BCUT2D eigenvalue weighted by Gasteiger charge is 2.34. The van der Waals surface area contributed by atoms with Crippen molar-refractivity contribution in [1.29, 1.82) is 0 Å². The predicted molar refractivity (Wildman–Crippen MR) is 125 cm³/mol. The van der Waals surface area contributed by atoms with Crippen molar-refractivity contribution in [2.45, 2.75) is 24.3 Å². The van der Waals surface area contributed by atoms with Gasteiger partial charge in [0.15, 0.2) is 0 Å². The number of likely N-dealkylation sites (N-methyl/N-ethyl adjacent to an activating group) is 1. The Labute approximate surface area is 191 Å². The van der Waals surface area contributed by atoms with Gasteiger partial charge in [-0.25, -0.2) is 17.5 Å². The van der Waals surface area contributed by atoms with Crippen molar-refractivity contribution in [2.75, 3.05) is 25.0 Å². The minimum absolute atomic E-state index is 0.132. The molecule has 8 nitrogen and oxygen atoms in total. The maximum atomic E-state index is 13.3. The molecule has 0 bridgehead atoms. The van der Waals surface area contributed by atoms with Gasteiger partial charge < -0.3 is 4.90 Å². The summed E-state index contributed by atoms with van der Waals surface area (Å²) < 4.78 is 44.1. The fraction of sp³-hybridized carbons (Fsp3) is 0.304. The highest BCUT2D eigenvalue weighted by atomic mass is 32.2. The van der Waals surface area contributed by atoms with E-state index in [1.54, 1.807) is 37.1 Å². The van der Waals surface area contributed by atoms with Crippen molar-refractivity contribution in [3.05, 3.63) is 66.4 Å². The van der Waals surface area contributed by atoms with Crippen LogP contribution in [0.15, 0.2) is 59.9 Å². The number of aromatic nitrogens is 4. The van der Waals surface area contributed by atoms with E-state index in [0.717, 1.165) is 40.8 Å². The lowest BCUT2D eigenvalue weighted by molar-refractivity contribution is 0.390. The smallest absolute Gasteiger partial charge is 0.246 e. The summed E-state index contributed by atoms with van der Waals surface area (Å²) in [7, 11) is -0.259. The fourth-order valence-corrected chi connectivity index (χ4v) is 5.81. The van der Waals surface area contributed by atoms with Crippen LogP contribution in [-0.4, -0.2) is 58.5 Å². The Hall–Kier alpha value is -3.24. The summed E-state index contributed by atoms with van der Waals surface area (Å²) >= 11 is 0. The van der Waals surface area contributed by atoms with Gasteiger partial charge in [-0.2, -0.15) is 14.5 Å². The lowest BCUT2D eigenvalue weighted by Crippen LogP contribution is -2.39. The normalized spacial score (nSPS) is 16.9. The molecular weight excluding hydrogens is 443 g/mol. The van der Waals surface area contributed by atoms with E-state index in [1.807, 2.05) is 6.92 Å². The molecule has 5 rings (SSSR count). The minimum atomic E-state index is -3.60. The Kier molecular flexibility index (Phi) is 5.21. The van der Waals surface area contributed by atoms with Crippen LogP contribution >= 0.6 is 0 Å². The van der Waals surface area contributed by atoms with Crippen molar-refractivity contribution in [3.63, 3.8) is 0 Å². The number of sulfonamides is 1. The zero-order chi connectivity index (χ0) is 23.3. The first kappa shape index (κ1) is 21.6. The van der Waals surface area contributed by atoms with Gasteiger partial charge in [0.1, 0.15) is 10.7 Å². The molecule has 0 N–H and O–H groups in total. The number of hydrogen-bond donors (Lipinski definition) is 0. The molecule has 1 fully saturated rings. The van der Waals surface area contributed by atoms with E-state index in [0.29, 0.717) is 6.54 Å². The second-order valence-electron chi connectivity index (χ2n) is 8.49. The third kappa shape index (κ3) is 3.79. The molecule has 1 aliphatic heterocycles. The number of rotatable bonds is 5. The molecule has 1 saturated heterocycles. The lowest BCUT2D eigenvalue weighted by Gasteiger charge is -2.25. The highest BCUT2D eigenvalue weighted by molar-refractivity contribution is 7.89. The highest BCUT2D eigenvalue weighted by Crippen LogP contribution is 2.32. The van der Waals surface area contributed by atoms with Crippen LogP contribution in [0.3, 0.4) is 0 Å². The SMILES string of the molecule is Cc1cc2c(cnn2-c2ccc(F)cc2)cc1N1CCC(N(C)S(=O)(=O)c2cnn(C)c2)C1. The molecule has 172 valence electrons. The van der Waals surface area contributed by atoms with Crippen LogP contribution in [0.5, 0.6) is 0 Å². The molecule has 0 amide bonds. The third-order valence-electron chi connectivity index (χ3n) is 6.33. The Morgan fingerprint density at radius 2 is 1.88 bits per heavy atom. The average molecular weight is 469 g/mol. The lowest BCUT2D eigenvalue weighted by atomic mass is 10.1. The summed E-state index contributed by atoms with van der Waals surface area (Å²) in [6, 6.07) is 10.3. The standard InChI is InChI=1S/C23H25FN6O2S/c1-16-10-23-17(12-26-30(23)19-6-4-18(24)5-7-19)11-22(16)29-9-8-20(14-29)28(3)33(31,32)21-13-25-27(2)15-21/h4-7,10-13,15,20H,8-9,14H2,1-3H3. The van der Waals surface area contributed by atoms with E-state index in [4.69, 9.17) is 0 Å². The van der Waals surface area contributed by atoms with Crippen LogP contribution in [-0.2, 0) is 17.1 Å². The van der Waals surface area contributed by atoms with Gasteiger partial charge in [-0.3, -0.25) is 4.68 Å². The van der Waals surface area contributed by atoms with Crippen LogP contribution in [0.1, 0.15) is 12.0 Å². The van der Waals surface area contributed by atoms with E-state index < -0.39 is 10.0 Å². The van der Waals surface area contributed by atoms with Crippen molar-refractivity contribution in [1.82, 2.24) is 23.9 Å². The topological polar surface area (TPSA) is 76.3 Å². The van der Waals surface area contributed by atoms with E-state index >= 15 is 0 Å². The molecule has 0 spiro atoms. The molecule has 4 aromatic rings. The van der Waals surface area contributed by atoms with Crippen LogP contribution in [0, 0.1) is 12.7 Å². The number of anilines is 1. The quantitative estimate of drug-likeness (QED) is 0.450. The van der Waals surface area contributed by atoms with Gasteiger partial charge >= 0.3 is 0 Å². The molecule has 33 heavy (non-hydrogen) atoms. The summed E-state index contributed by atoms with van der Waals surface area (Å²) in [5.74, 6) is -0.284. The minimum Gasteiger partial charge on any atom is -0.370 e. The first-order valence-corrected chi connectivity index (χ1v) is 12.1. The Balaban J connectivity index is 1.40. The van der Waals surface area contributed by atoms with Gasteiger partial charge in [0.2, 0.25) is 10.0 Å². The zero-order valence-electron chi connectivity index (χ0n) is 18.7. The zero-order valence-corrected chi connectivity index (χ0v) is 19.5. The number of nitrogens with zero attached hydrogens (tertiary/aromatic N) is 6. The molecule has 0 saturated carbocycles. The van der Waals surface area contributed by atoms with Gasteiger partial charge in [0, 0.05) is 50.5 Å². The van der Waals surface area contributed by atoms with Crippen molar-refractivity contribution in [2.24, 2.45) is 7.05 Å². The Bertz CT molecular complexity index is 1430. The molecule has 2 aromatic heterocycles. The van der Waals surface area contributed by atoms with Gasteiger partial charge in [-0.05, 0) is 55.3 Å². The van der Waals surface area contributed by atoms with Gasteiger partial charge in [-0.1, -0.05) is 0 Å². The predicted octanol–water partition coefficient (Wildman–Crippen LogP) is 3.11. The molecule has 1 unspecified atom stereocenters. The van der Waals surface area contributed by atoms with Crippen LogP contribution < -0.4 is 4.90 Å². The van der Waals surface area contributed by atoms with Crippen molar-refractivity contribution >= 4 is 26.6 Å². The van der Waals surface area contributed by atoms with E-state index in [1.165, 1.54) is 33.5 Å². The summed E-state index contributed by atoms with van der Waals surface area (Å²) in [5, 5.41) is 9.46. The summed E-state index contributed by atoms with van der Waals surface area (Å²) in [6.07, 6.45) is 5.45.